The van der Waals surface area contributed by atoms with Crippen LogP contribution in [0.5, 0.6) is 0 Å². The first-order chi connectivity index (χ1) is 7.36. The molecular weight excluding hydrogens is 308 g/mol. The molecule has 16 heavy (non-hydrogen) atoms. The molecule has 0 bridgehead atoms. The Balaban J connectivity index is 3.18. The molecule has 0 amide bonds. The highest BCUT2D eigenvalue weighted by Crippen LogP contribution is 2.36. The second-order valence-electron chi connectivity index (χ2n) is 3.13. The van der Waals surface area contributed by atoms with Crippen molar-refractivity contribution >= 4 is 33.3 Å². The van der Waals surface area contributed by atoms with Crippen molar-refractivity contribution in [2.24, 2.45) is 0 Å². The van der Waals surface area contributed by atoms with E-state index in [4.69, 9.17) is 11.6 Å². The molecule has 1 aromatic rings. The molecular formula is C9H9BrClF3N2. The summed E-state index contributed by atoms with van der Waals surface area (Å²) in [5, 5.41) is 0. The van der Waals surface area contributed by atoms with E-state index in [1.54, 1.807) is 0 Å². The lowest BCUT2D eigenvalue weighted by molar-refractivity contribution is -0.137. The normalized spacial score (nSPS) is 11.6. The molecule has 0 spiro atoms. The molecule has 0 aromatic carbocycles. The van der Waals surface area contributed by atoms with Gasteiger partial charge in [-0.1, -0.05) is 0 Å². The fourth-order valence-electron chi connectivity index (χ4n) is 1.18. The van der Waals surface area contributed by atoms with Crippen LogP contribution in [-0.4, -0.2) is 24.5 Å². The van der Waals surface area contributed by atoms with Crippen molar-refractivity contribution in [1.29, 1.82) is 0 Å². The summed E-state index contributed by atoms with van der Waals surface area (Å²) in [5.41, 5.74) is -0.769. The van der Waals surface area contributed by atoms with E-state index >= 15 is 0 Å². The average Bonchev–Trinajstić information content (AvgIpc) is 2.16. The van der Waals surface area contributed by atoms with Gasteiger partial charge in [-0.15, -0.1) is 11.6 Å². The zero-order valence-electron chi connectivity index (χ0n) is 8.35. The van der Waals surface area contributed by atoms with Crippen LogP contribution < -0.4 is 4.90 Å². The summed E-state index contributed by atoms with van der Waals surface area (Å²) in [6, 6.07) is 1.01. The summed E-state index contributed by atoms with van der Waals surface area (Å²) in [7, 11) is 1.52. The van der Waals surface area contributed by atoms with Crippen LogP contribution in [0, 0.1) is 0 Å². The quantitative estimate of drug-likeness (QED) is 0.793. The van der Waals surface area contributed by atoms with Gasteiger partial charge in [0.25, 0.3) is 0 Å². The van der Waals surface area contributed by atoms with E-state index in [2.05, 4.69) is 20.9 Å². The van der Waals surface area contributed by atoms with E-state index in [9.17, 15) is 13.2 Å². The van der Waals surface area contributed by atoms with Crippen molar-refractivity contribution < 1.29 is 13.2 Å². The Morgan fingerprint density at radius 3 is 2.62 bits per heavy atom. The molecule has 0 aliphatic rings. The highest BCUT2D eigenvalue weighted by molar-refractivity contribution is 9.10. The van der Waals surface area contributed by atoms with Crippen LogP contribution in [-0.2, 0) is 6.18 Å². The van der Waals surface area contributed by atoms with Gasteiger partial charge in [0.15, 0.2) is 0 Å². The summed E-state index contributed by atoms with van der Waals surface area (Å²) in [5.74, 6) is 0.127. The molecule has 0 N–H and O–H groups in total. The number of hydrogen-bond acceptors (Lipinski definition) is 2. The van der Waals surface area contributed by atoms with Gasteiger partial charge in [-0.05, 0) is 22.0 Å². The highest BCUT2D eigenvalue weighted by atomic mass is 79.9. The first kappa shape index (κ1) is 13.6. The van der Waals surface area contributed by atoms with Gasteiger partial charge in [-0.3, -0.25) is 0 Å². The van der Waals surface area contributed by atoms with E-state index in [-0.39, 0.29) is 11.7 Å². The SMILES string of the molecule is CN(CCCl)c1ncc(Br)cc1C(F)(F)F. The van der Waals surface area contributed by atoms with Crippen LogP contribution in [0.15, 0.2) is 16.7 Å². The van der Waals surface area contributed by atoms with E-state index < -0.39 is 11.7 Å². The number of nitrogens with zero attached hydrogens (tertiary/aromatic N) is 2. The highest BCUT2D eigenvalue weighted by Gasteiger charge is 2.35. The molecule has 0 saturated carbocycles. The van der Waals surface area contributed by atoms with Gasteiger partial charge in [-0.25, -0.2) is 4.98 Å². The smallest absolute Gasteiger partial charge is 0.358 e. The van der Waals surface area contributed by atoms with Crippen LogP contribution in [0.2, 0.25) is 0 Å². The Labute approximate surface area is 105 Å². The lowest BCUT2D eigenvalue weighted by Gasteiger charge is -2.21. The molecule has 2 nitrogen and oxygen atoms in total. The van der Waals surface area contributed by atoms with E-state index in [1.807, 2.05) is 0 Å². The average molecular weight is 318 g/mol. The van der Waals surface area contributed by atoms with E-state index in [1.165, 1.54) is 18.1 Å². The van der Waals surface area contributed by atoms with Gasteiger partial charge in [0.05, 0.1) is 5.56 Å². The van der Waals surface area contributed by atoms with Crippen LogP contribution in [0.25, 0.3) is 0 Å². The Hall–Kier alpha value is -0.490. The number of aromatic nitrogens is 1. The molecule has 0 aliphatic carbocycles. The Bertz CT molecular complexity index is 370. The third-order valence-corrected chi connectivity index (χ3v) is 2.52. The first-order valence-electron chi connectivity index (χ1n) is 4.36. The maximum Gasteiger partial charge on any atom is 0.419 e. The van der Waals surface area contributed by atoms with Gasteiger partial charge < -0.3 is 4.90 Å². The first-order valence-corrected chi connectivity index (χ1v) is 5.69. The number of pyridine rings is 1. The molecule has 1 heterocycles. The van der Waals surface area contributed by atoms with Crippen molar-refractivity contribution in [3.05, 3.63) is 22.3 Å². The summed E-state index contributed by atoms with van der Waals surface area (Å²) < 4.78 is 38.4. The summed E-state index contributed by atoms with van der Waals surface area (Å²) in [6.07, 6.45) is -3.10. The Morgan fingerprint density at radius 2 is 2.12 bits per heavy atom. The number of anilines is 1. The minimum atomic E-state index is -4.42. The second-order valence-corrected chi connectivity index (χ2v) is 4.43. The molecule has 0 atom stereocenters. The third-order valence-electron chi connectivity index (χ3n) is 1.92. The fourth-order valence-corrected chi connectivity index (χ4v) is 1.76. The number of rotatable bonds is 3. The maximum absolute atomic E-state index is 12.7. The van der Waals surface area contributed by atoms with Crippen LogP contribution in [0.1, 0.15) is 5.56 Å². The molecule has 1 rings (SSSR count). The predicted octanol–water partition coefficient (Wildman–Crippen LogP) is 3.54. The molecule has 0 unspecified atom stereocenters. The minimum Gasteiger partial charge on any atom is -0.358 e. The summed E-state index contributed by atoms with van der Waals surface area (Å²) in [4.78, 5) is 5.14. The maximum atomic E-state index is 12.7. The third kappa shape index (κ3) is 3.25. The van der Waals surface area contributed by atoms with Crippen molar-refractivity contribution in [2.45, 2.75) is 6.18 Å². The molecule has 0 aliphatic heterocycles. The molecule has 0 fully saturated rings. The summed E-state index contributed by atoms with van der Waals surface area (Å²) >= 11 is 8.45. The summed E-state index contributed by atoms with van der Waals surface area (Å²) in [6.45, 7) is 0.305. The lowest BCUT2D eigenvalue weighted by Crippen LogP contribution is -2.24. The van der Waals surface area contributed by atoms with Gasteiger partial charge in [0, 0.05) is 30.1 Å². The fraction of sp³-hybridized carbons (Fsp3) is 0.444. The Kier molecular flexibility index (Phi) is 4.43. The minimum absolute atomic E-state index is 0.114. The van der Waals surface area contributed by atoms with Crippen molar-refractivity contribution in [2.75, 3.05) is 24.4 Å². The van der Waals surface area contributed by atoms with Crippen LogP contribution in [0.4, 0.5) is 19.0 Å². The number of hydrogen-bond donors (Lipinski definition) is 0. The number of alkyl halides is 4. The molecule has 0 radical (unpaired) electrons. The van der Waals surface area contributed by atoms with Crippen molar-refractivity contribution in [1.82, 2.24) is 4.98 Å². The van der Waals surface area contributed by atoms with Crippen LogP contribution in [0.3, 0.4) is 0 Å². The van der Waals surface area contributed by atoms with Gasteiger partial charge in [0.2, 0.25) is 0 Å². The lowest BCUT2D eigenvalue weighted by atomic mass is 10.2. The zero-order valence-corrected chi connectivity index (χ0v) is 10.7. The van der Waals surface area contributed by atoms with E-state index in [0.29, 0.717) is 11.0 Å². The molecule has 90 valence electrons. The second kappa shape index (κ2) is 5.23. The molecule has 7 heteroatoms. The van der Waals surface area contributed by atoms with Gasteiger partial charge >= 0.3 is 6.18 Å². The van der Waals surface area contributed by atoms with Gasteiger partial charge in [-0.2, -0.15) is 13.2 Å². The number of halogens is 5. The van der Waals surface area contributed by atoms with Crippen LogP contribution >= 0.6 is 27.5 Å². The van der Waals surface area contributed by atoms with Crippen molar-refractivity contribution in [3.63, 3.8) is 0 Å². The largest absolute Gasteiger partial charge is 0.419 e. The predicted molar refractivity (Wildman–Crippen MR) is 60.9 cm³/mol. The van der Waals surface area contributed by atoms with E-state index in [0.717, 1.165) is 6.07 Å². The standard InChI is InChI=1S/C9H9BrClF3N2/c1-16(3-2-11)8-7(9(12,13)14)4-6(10)5-15-8/h4-5H,2-3H2,1H3. The molecule has 1 aromatic heterocycles. The molecule has 0 saturated heterocycles. The Morgan fingerprint density at radius 1 is 1.50 bits per heavy atom. The topological polar surface area (TPSA) is 16.1 Å². The monoisotopic (exact) mass is 316 g/mol. The van der Waals surface area contributed by atoms with Gasteiger partial charge in [0.1, 0.15) is 5.82 Å². The zero-order chi connectivity index (χ0) is 12.3. The van der Waals surface area contributed by atoms with Crippen molar-refractivity contribution in [3.8, 4) is 0 Å².